The molecule has 0 saturated carbocycles. The molecule has 106 valence electrons. The van der Waals surface area contributed by atoms with Crippen LogP contribution in [0.4, 0.5) is 10.1 Å². The zero-order chi connectivity index (χ0) is 14.6. The molecule has 5 heteroatoms. The molecule has 2 aromatic rings. The molecule has 2 aliphatic heterocycles. The van der Waals surface area contributed by atoms with Crippen LogP contribution in [0.2, 0.25) is 0 Å². The van der Waals surface area contributed by atoms with Crippen molar-refractivity contribution in [2.75, 3.05) is 5.32 Å². The number of rotatable bonds is 1. The third-order valence-corrected chi connectivity index (χ3v) is 4.17. The van der Waals surface area contributed by atoms with Gasteiger partial charge in [-0.15, -0.1) is 0 Å². The predicted molar refractivity (Wildman–Crippen MR) is 74.9 cm³/mol. The molecular formula is C16H13FN2O2. The van der Waals surface area contributed by atoms with Crippen LogP contribution in [0.15, 0.2) is 30.5 Å². The third kappa shape index (κ3) is 1.67. The van der Waals surface area contributed by atoms with Crippen LogP contribution in [0.5, 0.6) is 5.88 Å². The molecule has 0 radical (unpaired) electrons. The zero-order valence-electron chi connectivity index (χ0n) is 11.4. The summed E-state index contributed by atoms with van der Waals surface area (Å²) in [5.41, 5.74) is 3.11. The smallest absolute Gasteiger partial charge is 0.336 e. The van der Waals surface area contributed by atoms with E-state index < -0.39 is 6.04 Å². The highest BCUT2D eigenvalue weighted by Crippen LogP contribution is 2.46. The van der Waals surface area contributed by atoms with Crippen molar-refractivity contribution in [3.63, 3.8) is 0 Å². The van der Waals surface area contributed by atoms with Gasteiger partial charge in [0, 0.05) is 23.4 Å². The monoisotopic (exact) mass is 284 g/mol. The Hall–Kier alpha value is -2.43. The molecule has 2 atom stereocenters. The van der Waals surface area contributed by atoms with Crippen LogP contribution < -0.4 is 10.1 Å². The Bertz CT molecular complexity index is 760. The van der Waals surface area contributed by atoms with E-state index in [4.69, 9.17) is 4.74 Å². The Morgan fingerprint density at radius 3 is 3.05 bits per heavy atom. The van der Waals surface area contributed by atoms with Crippen LogP contribution in [0, 0.1) is 5.82 Å². The number of pyridine rings is 1. The first kappa shape index (κ1) is 12.3. The fraction of sp³-hybridized carbons (Fsp3) is 0.250. The number of ether oxygens (including phenoxy) is 1. The number of aromatic nitrogens is 1. The van der Waals surface area contributed by atoms with E-state index in [2.05, 4.69) is 10.3 Å². The van der Waals surface area contributed by atoms with Crippen molar-refractivity contribution >= 4 is 11.7 Å². The minimum atomic E-state index is -0.511. The number of carbonyl (C=O) groups is 1. The van der Waals surface area contributed by atoms with Crippen molar-refractivity contribution in [3.05, 3.63) is 53.0 Å². The highest BCUT2D eigenvalue weighted by molar-refractivity contribution is 5.89. The number of carbonyl (C=O) groups excluding carboxylic acids is 1. The fourth-order valence-electron chi connectivity index (χ4n) is 3.15. The molecule has 2 aliphatic rings. The normalized spacial score (nSPS) is 21.9. The minimum Gasteiger partial charge on any atom is -0.406 e. The summed E-state index contributed by atoms with van der Waals surface area (Å²) < 4.78 is 19.2. The summed E-state index contributed by atoms with van der Waals surface area (Å²) in [6.45, 7) is 1.91. The molecule has 1 aromatic carbocycles. The van der Waals surface area contributed by atoms with Crippen molar-refractivity contribution in [1.82, 2.24) is 4.98 Å². The molecule has 21 heavy (non-hydrogen) atoms. The molecule has 0 fully saturated rings. The van der Waals surface area contributed by atoms with Gasteiger partial charge in [-0.3, -0.25) is 0 Å². The summed E-state index contributed by atoms with van der Waals surface area (Å²) in [4.78, 5) is 16.2. The van der Waals surface area contributed by atoms with Crippen molar-refractivity contribution in [3.8, 4) is 5.88 Å². The number of halogens is 1. The highest BCUT2D eigenvalue weighted by Gasteiger charge is 2.45. The molecule has 1 N–H and O–H groups in total. The van der Waals surface area contributed by atoms with Gasteiger partial charge in [0.25, 0.3) is 0 Å². The van der Waals surface area contributed by atoms with Crippen molar-refractivity contribution < 1.29 is 13.9 Å². The number of benzene rings is 1. The van der Waals surface area contributed by atoms with E-state index in [0.717, 1.165) is 11.1 Å². The van der Waals surface area contributed by atoms with Gasteiger partial charge in [-0.2, -0.15) is 0 Å². The van der Waals surface area contributed by atoms with E-state index in [0.29, 0.717) is 23.6 Å². The summed E-state index contributed by atoms with van der Waals surface area (Å²) in [5.74, 6) is -0.445. The number of hydrogen-bond acceptors (Lipinski definition) is 4. The van der Waals surface area contributed by atoms with E-state index in [9.17, 15) is 9.18 Å². The minimum absolute atomic E-state index is 0.171. The molecule has 1 aromatic heterocycles. The molecule has 4 rings (SSSR count). The van der Waals surface area contributed by atoms with Crippen LogP contribution in [0.1, 0.15) is 29.5 Å². The summed E-state index contributed by atoms with van der Waals surface area (Å²) in [6.07, 6.45) is 2.21. The average molecular weight is 284 g/mol. The maximum absolute atomic E-state index is 13.9. The van der Waals surface area contributed by atoms with Gasteiger partial charge in [0.15, 0.2) is 0 Å². The summed E-state index contributed by atoms with van der Waals surface area (Å²) in [6, 6.07) is 6.52. The standard InChI is InChI=1S/C16H13FN2O2/c1-2-8-6-10-12(7-11(8)17)19-14-13(10)9-4-3-5-18-15(9)21-16(14)20/h3-7,13-14,19H,2H2,1H3. The first-order valence-corrected chi connectivity index (χ1v) is 6.94. The van der Waals surface area contributed by atoms with Gasteiger partial charge < -0.3 is 10.1 Å². The first-order valence-electron chi connectivity index (χ1n) is 6.94. The van der Waals surface area contributed by atoms with Gasteiger partial charge in [-0.25, -0.2) is 14.2 Å². The summed E-state index contributed by atoms with van der Waals surface area (Å²) >= 11 is 0. The van der Waals surface area contributed by atoms with Crippen LogP contribution >= 0.6 is 0 Å². The Balaban J connectivity index is 1.93. The second-order valence-corrected chi connectivity index (χ2v) is 5.30. The highest BCUT2D eigenvalue weighted by atomic mass is 19.1. The molecule has 0 saturated heterocycles. The van der Waals surface area contributed by atoms with Gasteiger partial charge in [0.2, 0.25) is 5.88 Å². The van der Waals surface area contributed by atoms with Gasteiger partial charge in [0.05, 0.1) is 0 Å². The van der Waals surface area contributed by atoms with E-state index in [-0.39, 0.29) is 17.7 Å². The van der Waals surface area contributed by atoms with Crippen molar-refractivity contribution in [1.29, 1.82) is 0 Å². The van der Waals surface area contributed by atoms with Gasteiger partial charge in [-0.05, 0) is 29.7 Å². The Kier molecular flexibility index (Phi) is 2.51. The maximum atomic E-state index is 13.9. The lowest BCUT2D eigenvalue weighted by Gasteiger charge is -2.25. The number of hydrogen-bond donors (Lipinski definition) is 1. The lowest BCUT2D eigenvalue weighted by atomic mass is 9.86. The lowest BCUT2D eigenvalue weighted by molar-refractivity contribution is -0.136. The molecule has 0 bridgehead atoms. The number of nitrogens with one attached hydrogen (secondary N) is 1. The number of aryl methyl sites for hydroxylation is 1. The molecule has 0 aliphatic carbocycles. The molecule has 0 amide bonds. The van der Waals surface area contributed by atoms with E-state index in [1.165, 1.54) is 6.07 Å². The topological polar surface area (TPSA) is 51.2 Å². The van der Waals surface area contributed by atoms with Crippen molar-refractivity contribution in [2.24, 2.45) is 0 Å². The zero-order valence-corrected chi connectivity index (χ0v) is 11.4. The molecule has 3 heterocycles. The van der Waals surface area contributed by atoms with Crippen LogP contribution in [0.3, 0.4) is 0 Å². The van der Waals surface area contributed by atoms with Crippen LogP contribution in [-0.2, 0) is 11.2 Å². The van der Waals surface area contributed by atoms with Crippen LogP contribution in [-0.4, -0.2) is 17.0 Å². The van der Waals surface area contributed by atoms with Crippen molar-refractivity contribution in [2.45, 2.75) is 25.3 Å². The Labute approximate surface area is 121 Å². The molecular weight excluding hydrogens is 271 g/mol. The largest absolute Gasteiger partial charge is 0.406 e. The third-order valence-electron chi connectivity index (χ3n) is 4.17. The van der Waals surface area contributed by atoms with Gasteiger partial charge in [-0.1, -0.05) is 19.1 Å². The second-order valence-electron chi connectivity index (χ2n) is 5.30. The maximum Gasteiger partial charge on any atom is 0.336 e. The number of fused-ring (bicyclic) bond motifs is 5. The van der Waals surface area contributed by atoms with E-state index in [1.54, 1.807) is 6.20 Å². The number of anilines is 1. The first-order chi connectivity index (χ1) is 10.2. The molecule has 4 nitrogen and oxygen atoms in total. The van der Waals surface area contributed by atoms with Gasteiger partial charge in [0.1, 0.15) is 11.9 Å². The number of esters is 1. The summed E-state index contributed by atoms with van der Waals surface area (Å²) in [5, 5.41) is 3.08. The van der Waals surface area contributed by atoms with E-state index in [1.807, 2.05) is 25.1 Å². The number of nitrogens with zero attached hydrogens (tertiary/aromatic N) is 1. The van der Waals surface area contributed by atoms with Gasteiger partial charge >= 0.3 is 5.97 Å². The SMILES string of the molecule is CCc1cc2c(cc1F)NC1C(=O)Oc3ncccc3C21. The Morgan fingerprint density at radius 2 is 2.24 bits per heavy atom. The Morgan fingerprint density at radius 1 is 1.38 bits per heavy atom. The molecule has 0 spiro atoms. The fourth-order valence-corrected chi connectivity index (χ4v) is 3.15. The average Bonchev–Trinajstić information content (AvgIpc) is 2.85. The lowest BCUT2D eigenvalue weighted by Crippen LogP contribution is -2.38. The summed E-state index contributed by atoms with van der Waals surface area (Å²) in [7, 11) is 0. The quantitative estimate of drug-likeness (QED) is 0.818. The van der Waals surface area contributed by atoms with E-state index >= 15 is 0 Å². The predicted octanol–water partition coefficient (Wildman–Crippen LogP) is 2.63. The van der Waals surface area contributed by atoms with Crippen LogP contribution in [0.25, 0.3) is 0 Å². The second kappa shape index (κ2) is 4.28. The molecule has 2 unspecified atom stereocenters.